The number of carbonyl (C=O) groups is 1. The monoisotopic (exact) mass is 372 g/mol. The van der Waals surface area contributed by atoms with E-state index in [1.54, 1.807) is 37.6 Å². The zero-order valence-corrected chi connectivity index (χ0v) is 15.0. The zero-order chi connectivity index (χ0) is 19.5. The molecule has 0 unspecified atom stereocenters. The highest BCUT2D eigenvalue weighted by Crippen LogP contribution is 2.21. The van der Waals surface area contributed by atoms with Crippen molar-refractivity contribution in [3.63, 3.8) is 0 Å². The van der Waals surface area contributed by atoms with Crippen molar-refractivity contribution < 1.29 is 9.53 Å². The van der Waals surface area contributed by atoms with E-state index in [1.165, 1.54) is 0 Å². The van der Waals surface area contributed by atoms with Gasteiger partial charge in [-0.2, -0.15) is 10.2 Å². The van der Waals surface area contributed by atoms with Gasteiger partial charge in [0.15, 0.2) is 5.69 Å². The Morgan fingerprint density at radius 3 is 2.64 bits per heavy atom. The van der Waals surface area contributed by atoms with Crippen LogP contribution in [0.5, 0.6) is 5.75 Å². The van der Waals surface area contributed by atoms with Crippen LogP contribution in [-0.4, -0.2) is 29.4 Å². The molecule has 0 atom stereocenters. The summed E-state index contributed by atoms with van der Waals surface area (Å²) in [6.45, 7) is 0. The van der Waals surface area contributed by atoms with Crippen molar-refractivity contribution in [1.82, 2.24) is 15.6 Å². The highest BCUT2D eigenvalue weighted by atomic mass is 16.5. The number of nitrogens with zero attached hydrogens (tertiary/aromatic N) is 2. The van der Waals surface area contributed by atoms with E-state index in [-0.39, 0.29) is 11.3 Å². The maximum absolute atomic E-state index is 12.4. The summed E-state index contributed by atoms with van der Waals surface area (Å²) < 4.78 is 5.22. The molecular weight excluding hydrogens is 356 g/mol. The Morgan fingerprint density at radius 2 is 1.82 bits per heavy atom. The van der Waals surface area contributed by atoms with Gasteiger partial charge in [-0.1, -0.05) is 36.4 Å². The molecule has 0 aliphatic carbocycles. The molecule has 3 aromatic carbocycles. The van der Waals surface area contributed by atoms with Gasteiger partial charge in [0.25, 0.3) is 11.5 Å². The second-order valence-corrected chi connectivity index (χ2v) is 6.12. The van der Waals surface area contributed by atoms with Gasteiger partial charge in [0, 0.05) is 5.39 Å². The van der Waals surface area contributed by atoms with E-state index in [1.807, 2.05) is 36.4 Å². The van der Waals surface area contributed by atoms with Crippen LogP contribution >= 0.6 is 0 Å². The Bertz CT molecular complexity index is 1280. The number of hydrogen-bond donors (Lipinski definition) is 2. The van der Waals surface area contributed by atoms with Gasteiger partial charge in [-0.3, -0.25) is 9.59 Å². The van der Waals surface area contributed by atoms with Crippen LogP contribution < -0.4 is 15.7 Å². The number of aromatic nitrogens is 2. The molecule has 138 valence electrons. The predicted octanol–water partition coefficient (Wildman–Crippen LogP) is 2.85. The maximum atomic E-state index is 12.4. The van der Waals surface area contributed by atoms with Crippen molar-refractivity contribution in [1.29, 1.82) is 0 Å². The predicted molar refractivity (Wildman–Crippen MR) is 108 cm³/mol. The normalized spacial score (nSPS) is 11.2. The van der Waals surface area contributed by atoms with Gasteiger partial charge in [-0.05, 0) is 40.6 Å². The molecule has 28 heavy (non-hydrogen) atoms. The highest BCUT2D eigenvalue weighted by molar-refractivity contribution is 6.05. The molecule has 0 aliphatic rings. The van der Waals surface area contributed by atoms with Crippen LogP contribution in [0.25, 0.3) is 21.5 Å². The number of fused-ring (bicyclic) bond motifs is 2. The Balaban J connectivity index is 1.55. The Kier molecular flexibility index (Phi) is 4.55. The van der Waals surface area contributed by atoms with Gasteiger partial charge >= 0.3 is 0 Å². The molecule has 1 aromatic heterocycles. The number of amides is 1. The number of benzene rings is 3. The molecule has 0 fully saturated rings. The highest BCUT2D eigenvalue weighted by Gasteiger charge is 2.13. The second-order valence-electron chi connectivity index (χ2n) is 6.12. The third-order valence-electron chi connectivity index (χ3n) is 4.36. The fourth-order valence-corrected chi connectivity index (χ4v) is 2.96. The van der Waals surface area contributed by atoms with Crippen molar-refractivity contribution in [2.75, 3.05) is 7.11 Å². The first-order valence-corrected chi connectivity index (χ1v) is 8.54. The van der Waals surface area contributed by atoms with E-state index in [4.69, 9.17) is 4.74 Å². The van der Waals surface area contributed by atoms with Crippen LogP contribution in [0, 0.1) is 0 Å². The van der Waals surface area contributed by atoms with E-state index >= 15 is 0 Å². The van der Waals surface area contributed by atoms with Crippen LogP contribution in [0.15, 0.2) is 70.6 Å². The standard InChI is InChI=1S/C21H16N4O3/c1-28-16-9-8-14-10-13(6-7-15(14)11-16)12-22-24-21(27)19-17-4-2-3-5-18(17)20(26)25-23-19/h2-12H,1H3,(H,24,27)(H,25,26)/b22-12-. The number of hydrazone groups is 1. The number of nitrogens with one attached hydrogen (secondary N) is 2. The number of aromatic amines is 1. The summed E-state index contributed by atoms with van der Waals surface area (Å²) in [7, 11) is 1.63. The van der Waals surface area contributed by atoms with Gasteiger partial charge in [0.05, 0.1) is 18.7 Å². The van der Waals surface area contributed by atoms with Crippen molar-refractivity contribution in [3.05, 3.63) is 82.3 Å². The summed E-state index contributed by atoms with van der Waals surface area (Å²) in [6.07, 6.45) is 1.55. The fraction of sp³-hybridized carbons (Fsp3) is 0.0476. The molecule has 7 nitrogen and oxygen atoms in total. The Labute approximate surface area is 159 Å². The Morgan fingerprint density at radius 1 is 1.07 bits per heavy atom. The van der Waals surface area contributed by atoms with E-state index in [0.29, 0.717) is 10.8 Å². The summed E-state index contributed by atoms with van der Waals surface area (Å²) in [5, 5.41) is 13.1. The summed E-state index contributed by atoms with van der Waals surface area (Å²) in [6, 6.07) is 18.4. The first-order valence-electron chi connectivity index (χ1n) is 8.54. The lowest BCUT2D eigenvalue weighted by Gasteiger charge is -2.04. The van der Waals surface area contributed by atoms with E-state index < -0.39 is 5.91 Å². The zero-order valence-electron chi connectivity index (χ0n) is 15.0. The molecular formula is C21H16N4O3. The third kappa shape index (κ3) is 3.33. The largest absolute Gasteiger partial charge is 0.497 e. The molecule has 0 saturated heterocycles. The van der Waals surface area contributed by atoms with Gasteiger partial charge < -0.3 is 4.74 Å². The van der Waals surface area contributed by atoms with Gasteiger partial charge in [-0.25, -0.2) is 10.5 Å². The molecule has 0 saturated carbocycles. The molecule has 4 rings (SSSR count). The lowest BCUT2D eigenvalue weighted by atomic mass is 10.1. The number of ether oxygens (including phenoxy) is 1. The summed E-state index contributed by atoms with van der Waals surface area (Å²) in [5.41, 5.74) is 3.05. The molecule has 0 spiro atoms. The molecule has 7 heteroatoms. The lowest BCUT2D eigenvalue weighted by Crippen LogP contribution is -2.22. The van der Waals surface area contributed by atoms with Crippen molar-refractivity contribution in [2.45, 2.75) is 0 Å². The van der Waals surface area contributed by atoms with Crippen LogP contribution in [0.1, 0.15) is 16.1 Å². The molecule has 0 bridgehead atoms. The quantitative estimate of drug-likeness (QED) is 0.425. The SMILES string of the molecule is COc1ccc2cc(/C=N\NC(=O)c3n[nH]c(=O)c4ccccc34)ccc2c1. The molecule has 2 N–H and O–H groups in total. The average molecular weight is 372 g/mol. The number of carbonyl (C=O) groups excluding carboxylic acids is 1. The minimum absolute atomic E-state index is 0.109. The second kappa shape index (κ2) is 7.32. The van der Waals surface area contributed by atoms with E-state index in [2.05, 4.69) is 20.7 Å². The van der Waals surface area contributed by atoms with Crippen LogP contribution in [0.3, 0.4) is 0 Å². The van der Waals surface area contributed by atoms with Crippen molar-refractivity contribution in [2.24, 2.45) is 5.10 Å². The minimum Gasteiger partial charge on any atom is -0.497 e. The first kappa shape index (κ1) is 17.4. The Hall–Kier alpha value is -4.00. The minimum atomic E-state index is -0.505. The molecule has 1 amide bonds. The number of hydrogen-bond acceptors (Lipinski definition) is 5. The van der Waals surface area contributed by atoms with Crippen molar-refractivity contribution >= 4 is 33.7 Å². The van der Waals surface area contributed by atoms with Crippen LogP contribution in [0.2, 0.25) is 0 Å². The van der Waals surface area contributed by atoms with Crippen LogP contribution in [0.4, 0.5) is 0 Å². The maximum Gasteiger partial charge on any atom is 0.292 e. The van der Waals surface area contributed by atoms with Gasteiger partial charge in [-0.15, -0.1) is 0 Å². The van der Waals surface area contributed by atoms with E-state index in [0.717, 1.165) is 22.1 Å². The molecule has 0 aliphatic heterocycles. The lowest BCUT2D eigenvalue weighted by molar-refractivity contribution is 0.0951. The summed E-state index contributed by atoms with van der Waals surface area (Å²) in [4.78, 5) is 24.2. The molecule has 0 radical (unpaired) electrons. The summed E-state index contributed by atoms with van der Waals surface area (Å²) >= 11 is 0. The fourth-order valence-electron chi connectivity index (χ4n) is 2.96. The third-order valence-corrected chi connectivity index (χ3v) is 4.36. The first-order chi connectivity index (χ1) is 13.7. The van der Waals surface area contributed by atoms with Gasteiger partial charge in [0.2, 0.25) is 0 Å². The average Bonchev–Trinajstić information content (AvgIpc) is 2.73. The van der Waals surface area contributed by atoms with E-state index in [9.17, 15) is 9.59 Å². The number of H-pyrrole nitrogens is 1. The number of methoxy groups -OCH3 is 1. The van der Waals surface area contributed by atoms with Crippen molar-refractivity contribution in [3.8, 4) is 5.75 Å². The molecule has 1 heterocycles. The topological polar surface area (TPSA) is 96.4 Å². The smallest absolute Gasteiger partial charge is 0.292 e. The molecule has 4 aromatic rings. The summed E-state index contributed by atoms with van der Waals surface area (Å²) in [5.74, 6) is 0.288. The number of rotatable bonds is 4. The van der Waals surface area contributed by atoms with Gasteiger partial charge in [0.1, 0.15) is 5.75 Å². The van der Waals surface area contributed by atoms with Crippen LogP contribution in [-0.2, 0) is 0 Å².